The minimum absolute atomic E-state index is 0.212. The van der Waals surface area contributed by atoms with E-state index >= 15 is 0 Å². The van der Waals surface area contributed by atoms with Crippen molar-refractivity contribution in [3.05, 3.63) is 52.7 Å². The molecule has 0 fully saturated rings. The van der Waals surface area contributed by atoms with Crippen molar-refractivity contribution in [3.63, 3.8) is 0 Å². The molecular weight excluding hydrogens is 357 g/mol. The Bertz CT molecular complexity index is 985. The SMILES string of the molecule is Cc1c(C(=O)NCCOc2ccc3c(c2)OCO3)sc2cccc(F)c12. The van der Waals surface area contributed by atoms with Gasteiger partial charge in [0.1, 0.15) is 18.2 Å². The van der Waals surface area contributed by atoms with Crippen LogP contribution in [0.4, 0.5) is 4.39 Å². The zero-order valence-corrected chi connectivity index (χ0v) is 14.8. The quantitative estimate of drug-likeness (QED) is 0.690. The maximum Gasteiger partial charge on any atom is 0.261 e. The first-order chi connectivity index (χ1) is 12.6. The van der Waals surface area contributed by atoms with Crippen molar-refractivity contribution in [1.29, 1.82) is 0 Å². The van der Waals surface area contributed by atoms with Crippen LogP contribution in [0.1, 0.15) is 15.2 Å². The minimum Gasteiger partial charge on any atom is -0.492 e. The maximum absolute atomic E-state index is 13.9. The zero-order valence-electron chi connectivity index (χ0n) is 14.0. The third-order valence-corrected chi connectivity index (χ3v) is 5.37. The highest BCUT2D eigenvalue weighted by Gasteiger charge is 2.17. The van der Waals surface area contributed by atoms with Crippen LogP contribution in [-0.4, -0.2) is 25.9 Å². The summed E-state index contributed by atoms with van der Waals surface area (Å²) in [6.07, 6.45) is 0. The first kappa shape index (κ1) is 16.7. The Balaban J connectivity index is 1.36. The molecule has 2 heterocycles. The Morgan fingerprint density at radius 3 is 2.96 bits per heavy atom. The molecule has 0 radical (unpaired) electrons. The van der Waals surface area contributed by atoms with E-state index in [0.717, 1.165) is 4.70 Å². The lowest BCUT2D eigenvalue weighted by Crippen LogP contribution is -2.27. The van der Waals surface area contributed by atoms with Crippen molar-refractivity contribution in [2.75, 3.05) is 19.9 Å². The molecule has 1 N–H and O–H groups in total. The van der Waals surface area contributed by atoms with Gasteiger partial charge < -0.3 is 19.5 Å². The number of thiophene rings is 1. The molecule has 0 saturated heterocycles. The van der Waals surface area contributed by atoms with Gasteiger partial charge in [0.05, 0.1) is 11.4 Å². The van der Waals surface area contributed by atoms with Crippen molar-refractivity contribution in [3.8, 4) is 17.2 Å². The minimum atomic E-state index is -0.304. The summed E-state index contributed by atoms with van der Waals surface area (Å²) in [5.74, 6) is 1.45. The topological polar surface area (TPSA) is 56.8 Å². The van der Waals surface area contributed by atoms with Gasteiger partial charge in [0, 0.05) is 16.2 Å². The van der Waals surface area contributed by atoms with Gasteiger partial charge in [-0.25, -0.2) is 4.39 Å². The van der Waals surface area contributed by atoms with E-state index in [9.17, 15) is 9.18 Å². The summed E-state index contributed by atoms with van der Waals surface area (Å²) in [5.41, 5.74) is 0.664. The van der Waals surface area contributed by atoms with E-state index in [0.29, 0.717) is 46.2 Å². The van der Waals surface area contributed by atoms with Crippen molar-refractivity contribution in [2.24, 2.45) is 0 Å². The van der Waals surface area contributed by atoms with Gasteiger partial charge >= 0.3 is 0 Å². The molecule has 0 saturated carbocycles. The van der Waals surface area contributed by atoms with Gasteiger partial charge in [-0.1, -0.05) is 6.07 Å². The molecular formula is C19H16FNO4S. The van der Waals surface area contributed by atoms with Crippen LogP contribution in [0.2, 0.25) is 0 Å². The highest BCUT2D eigenvalue weighted by atomic mass is 32.1. The number of hydrogen-bond donors (Lipinski definition) is 1. The lowest BCUT2D eigenvalue weighted by Gasteiger charge is -2.08. The molecule has 0 bridgehead atoms. The van der Waals surface area contributed by atoms with Gasteiger partial charge in [-0.3, -0.25) is 4.79 Å². The van der Waals surface area contributed by atoms with Gasteiger partial charge in [-0.2, -0.15) is 0 Å². The average molecular weight is 373 g/mol. The summed E-state index contributed by atoms with van der Waals surface area (Å²) < 4.78 is 30.9. The second-order valence-corrected chi connectivity index (χ2v) is 6.84. The number of fused-ring (bicyclic) bond motifs is 2. The Labute approximate surface area is 153 Å². The van der Waals surface area contributed by atoms with E-state index in [1.54, 1.807) is 31.2 Å². The second-order valence-electron chi connectivity index (χ2n) is 5.79. The Kier molecular flexibility index (Phi) is 4.38. The van der Waals surface area contributed by atoms with Crippen LogP contribution < -0.4 is 19.5 Å². The fourth-order valence-corrected chi connectivity index (χ4v) is 3.99. The first-order valence-electron chi connectivity index (χ1n) is 8.12. The number of benzene rings is 2. The fourth-order valence-electron chi connectivity index (χ4n) is 2.85. The molecule has 1 aliphatic heterocycles. The molecule has 4 rings (SSSR count). The van der Waals surface area contributed by atoms with Crippen molar-refractivity contribution in [2.45, 2.75) is 6.92 Å². The Morgan fingerprint density at radius 1 is 1.27 bits per heavy atom. The second kappa shape index (κ2) is 6.84. The molecule has 0 unspecified atom stereocenters. The van der Waals surface area contributed by atoms with E-state index in [1.807, 2.05) is 6.07 Å². The molecule has 7 heteroatoms. The number of halogens is 1. The van der Waals surface area contributed by atoms with E-state index in [4.69, 9.17) is 14.2 Å². The van der Waals surface area contributed by atoms with Crippen LogP contribution in [0.5, 0.6) is 17.2 Å². The Morgan fingerprint density at radius 2 is 2.12 bits per heavy atom. The largest absolute Gasteiger partial charge is 0.492 e. The van der Waals surface area contributed by atoms with Gasteiger partial charge in [0.15, 0.2) is 11.5 Å². The summed E-state index contributed by atoms with van der Waals surface area (Å²) >= 11 is 1.29. The lowest BCUT2D eigenvalue weighted by molar-refractivity contribution is 0.0950. The number of amides is 1. The number of carbonyl (C=O) groups is 1. The number of nitrogens with one attached hydrogen (secondary N) is 1. The summed E-state index contributed by atoms with van der Waals surface area (Å²) in [7, 11) is 0. The highest BCUT2D eigenvalue weighted by molar-refractivity contribution is 7.21. The lowest BCUT2D eigenvalue weighted by atomic mass is 10.1. The standard InChI is InChI=1S/C19H16FNO4S/c1-11-17-13(20)3-2-4-16(17)26-18(11)19(22)21-7-8-23-12-5-6-14-15(9-12)25-10-24-14/h2-6,9H,7-8,10H2,1H3,(H,21,22). The third-order valence-electron chi connectivity index (χ3n) is 4.11. The predicted molar refractivity (Wildman–Crippen MR) is 96.9 cm³/mol. The van der Waals surface area contributed by atoms with Crippen LogP contribution in [-0.2, 0) is 0 Å². The predicted octanol–water partition coefficient (Wildman–Crippen LogP) is 3.89. The van der Waals surface area contributed by atoms with Crippen LogP contribution in [0, 0.1) is 12.7 Å². The molecule has 0 spiro atoms. The molecule has 1 aliphatic rings. The van der Waals surface area contributed by atoms with E-state index < -0.39 is 0 Å². The van der Waals surface area contributed by atoms with Crippen molar-refractivity contribution >= 4 is 27.3 Å². The molecule has 0 atom stereocenters. The highest BCUT2D eigenvalue weighted by Crippen LogP contribution is 2.35. The van der Waals surface area contributed by atoms with Crippen LogP contribution >= 0.6 is 11.3 Å². The molecule has 134 valence electrons. The summed E-state index contributed by atoms with van der Waals surface area (Å²) in [4.78, 5) is 12.9. The molecule has 3 aromatic rings. The number of ether oxygens (including phenoxy) is 3. The maximum atomic E-state index is 13.9. The molecule has 1 amide bonds. The van der Waals surface area contributed by atoms with E-state index in [2.05, 4.69) is 5.32 Å². The van der Waals surface area contributed by atoms with Gasteiger partial charge in [0.2, 0.25) is 6.79 Å². The molecule has 1 aromatic heterocycles. The number of carbonyl (C=O) groups excluding carboxylic acids is 1. The van der Waals surface area contributed by atoms with Crippen LogP contribution in [0.25, 0.3) is 10.1 Å². The average Bonchev–Trinajstić information content (AvgIpc) is 3.23. The monoisotopic (exact) mass is 373 g/mol. The van der Waals surface area contributed by atoms with Gasteiger partial charge in [-0.05, 0) is 36.8 Å². The number of aryl methyl sites for hydroxylation is 1. The van der Waals surface area contributed by atoms with E-state index in [-0.39, 0.29) is 18.5 Å². The van der Waals surface area contributed by atoms with Crippen LogP contribution in [0.3, 0.4) is 0 Å². The van der Waals surface area contributed by atoms with Gasteiger partial charge in [-0.15, -0.1) is 11.3 Å². The molecule has 26 heavy (non-hydrogen) atoms. The van der Waals surface area contributed by atoms with Gasteiger partial charge in [0.25, 0.3) is 5.91 Å². The smallest absolute Gasteiger partial charge is 0.261 e. The normalized spacial score (nSPS) is 12.4. The summed E-state index contributed by atoms with van der Waals surface area (Å²) in [6, 6.07) is 10.2. The Hall–Kier alpha value is -2.80. The fraction of sp³-hybridized carbons (Fsp3) is 0.211. The molecule has 0 aliphatic carbocycles. The van der Waals surface area contributed by atoms with Crippen molar-refractivity contribution < 1.29 is 23.4 Å². The summed E-state index contributed by atoms with van der Waals surface area (Å²) in [5, 5.41) is 3.32. The third kappa shape index (κ3) is 3.06. The zero-order chi connectivity index (χ0) is 18.1. The van der Waals surface area contributed by atoms with Crippen molar-refractivity contribution in [1.82, 2.24) is 5.32 Å². The number of rotatable bonds is 5. The molecule has 5 nitrogen and oxygen atoms in total. The van der Waals surface area contributed by atoms with E-state index in [1.165, 1.54) is 17.4 Å². The first-order valence-corrected chi connectivity index (χ1v) is 8.93. The number of hydrogen-bond acceptors (Lipinski definition) is 5. The summed E-state index contributed by atoms with van der Waals surface area (Å²) in [6.45, 7) is 2.62. The molecule has 2 aromatic carbocycles. The van der Waals surface area contributed by atoms with Crippen LogP contribution in [0.15, 0.2) is 36.4 Å².